The van der Waals surface area contributed by atoms with E-state index in [1.807, 2.05) is 25.1 Å². The van der Waals surface area contributed by atoms with Crippen molar-refractivity contribution in [2.75, 3.05) is 6.61 Å². The molecule has 0 radical (unpaired) electrons. The molecule has 0 fully saturated rings. The van der Waals surface area contributed by atoms with Gasteiger partial charge in [0.2, 0.25) is 0 Å². The van der Waals surface area contributed by atoms with Gasteiger partial charge in [-0.05, 0) is 50.5 Å². The van der Waals surface area contributed by atoms with E-state index in [1.54, 1.807) is 6.92 Å². The van der Waals surface area contributed by atoms with Gasteiger partial charge >= 0.3 is 0 Å². The Hall–Kier alpha value is -0.730. The topological polar surface area (TPSA) is 29.5 Å². The molecule has 15 heavy (non-hydrogen) atoms. The predicted octanol–water partition coefficient (Wildman–Crippen LogP) is 3.05. The van der Waals surface area contributed by atoms with Gasteiger partial charge < -0.3 is 9.84 Å². The van der Waals surface area contributed by atoms with Gasteiger partial charge in [0.15, 0.2) is 0 Å². The van der Waals surface area contributed by atoms with Crippen molar-refractivity contribution in [1.29, 1.82) is 0 Å². The summed E-state index contributed by atoms with van der Waals surface area (Å²) in [5.74, 6) is 0.863. The lowest BCUT2D eigenvalue weighted by molar-refractivity contribution is 0.184. The number of ether oxygens (including phenoxy) is 1. The molecular formula is C12H17ClO2. The van der Waals surface area contributed by atoms with Crippen molar-refractivity contribution < 1.29 is 9.84 Å². The van der Waals surface area contributed by atoms with E-state index in [9.17, 15) is 5.11 Å². The largest absolute Gasteiger partial charge is 0.494 e. The Morgan fingerprint density at radius 3 is 2.80 bits per heavy atom. The predicted molar refractivity (Wildman–Crippen MR) is 62.6 cm³/mol. The van der Waals surface area contributed by atoms with Crippen LogP contribution >= 0.6 is 11.6 Å². The molecule has 1 aromatic rings. The summed E-state index contributed by atoms with van der Waals surface area (Å²) < 4.78 is 5.48. The Morgan fingerprint density at radius 2 is 2.20 bits per heavy atom. The summed E-state index contributed by atoms with van der Waals surface area (Å²) in [6.45, 7) is 4.38. The Balaban J connectivity index is 2.77. The van der Waals surface area contributed by atoms with Crippen LogP contribution in [0.4, 0.5) is 0 Å². The summed E-state index contributed by atoms with van der Waals surface area (Å²) in [6.07, 6.45) is 1.21. The first-order valence-corrected chi connectivity index (χ1v) is 5.60. The minimum absolute atomic E-state index is 0.293. The van der Waals surface area contributed by atoms with Crippen LogP contribution in [0.15, 0.2) is 18.2 Å². The molecule has 1 N–H and O–H groups in total. The maximum absolute atomic E-state index is 9.23. The van der Waals surface area contributed by atoms with Crippen LogP contribution in [0.25, 0.3) is 0 Å². The molecule has 1 unspecified atom stereocenters. The highest BCUT2D eigenvalue weighted by molar-refractivity contribution is 6.30. The van der Waals surface area contributed by atoms with Crippen LogP contribution in [0.1, 0.15) is 25.8 Å². The average molecular weight is 229 g/mol. The van der Waals surface area contributed by atoms with Crippen molar-refractivity contribution in [3.8, 4) is 5.75 Å². The molecule has 0 aliphatic carbocycles. The van der Waals surface area contributed by atoms with Crippen molar-refractivity contribution in [3.05, 3.63) is 28.8 Å². The number of hydrogen-bond acceptors (Lipinski definition) is 2. The molecule has 0 saturated heterocycles. The summed E-state index contributed by atoms with van der Waals surface area (Å²) in [7, 11) is 0. The van der Waals surface area contributed by atoms with Crippen molar-refractivity contribution in [2.45, 2.75) is 32.8 Å². The molecule has 0 heterocycles. The minimum atomic E-state index is -0.293. The fourth-order valence-electron chi connectivity index (χ4n) is 1.40. The monoisotopic (exact) mass is 228 g/mol. The van der Waals surface area contributed by atoms with Crippen molar-refractivity contribution in [2.24, 2.45) is 0 Å². The fourth-order valence-corrected chi connectivity index (χ4v) is 1.60. The lowest BCUT2D eigenvalue weighted by Crippen LogP contribution is -2.03. The lowest BCUT2D eigenvalue weighted by Gasteiger charge is -2.11. The van der Waals surface area contributed by atoms with Gasteiger partial charge in [-0.2, -0.15) is 0 Å². The Bertz CT molecular complexity index is 310. The third-order valence-corrected chi connectivity index (χ3v) is 2.39. The van der Waals surface area contributed by atoms with E-state index in [1.165, 1.54) is 0 Å². The Morgan fingerprint density at radius 1 is 1.47 bits per heavy atom. The minimum Gasteiger partial charge on any atom is -0.494 e. The number of aliphatic hydroxyl groups excluding tert-OH is 1. The molecule has 3 heteroatoms. The molecule has 2 nitrogen and oxygen atoms in total. The molecule has 0 bridgehead atoms. The normalized spacial score (nSPS) is 12.5. The van der Waals surface area contributed by atoms with E-state index in [4.69, 9.17) is 16.3 Å². The van der Waals surface area contributed by atoms with E-state index >= 15 is 0 Å². The van der Waals surface area contributed by atoms with E-state index in [-0.39, 0.29) is 6.10 Å². The van der Waals surface area contributed by atoms with Gasteiger partial charge in [-0.1, -0.05) is 11.6 Å². The third kappa shape index (κ3) is 4.10. The first-order chi connectivity index (χ1) is 7.13. The maximum Gasteiger partial charge on any atom is 0.122 e. The van der Waals surface area contributed by atoms with Crippen molar-refractivity contribution in [3.63, 3.8) is 0 Å². The maximum atomic E-state index is 9.23. The lowest BCUT2D eigenvalue weighted by atomic mass is 10.1. The van der Waals surface area contributed by atoms with Crippen LogP contribution in [-0.4, -0.2) is 17.8 Å². The zero-order valence-electron chi connectivity index (χ0n) is 9.16. The summed E-state index contributed by atoms with van der Waals surface area (Å²) in [4.78, 5) is 0. The van der Waals surface area contributed by atoms with Crippen LogP contribution in [0.5, 0.6) is 5.75 Å². The van der Waals surface area contributed by atoms with Crippen LogP contribution in [-0.2, 0) is 6.42 Å². The van der Waals surface area contributed by atoms with Gasteiger partial charge in [0.25, 0.3) is 0 Å². The smallest absolute Gasteiger partial charge is 0.122 e. The molecule has 1 atom stereocenters. The molecule has 1 aromatic carbocycles. The Labute approximate surface area is 95.8 Å². The van der Waals surface area contributed by atoms with Gasteiger partial charge in [-0.25, -0.2) is 0 Å². The standard InChI is InChI=1S/C12H17ClO2/c1-3-15-12-7-6-11(13)8-10(12)5-4-9(2)14/h6-9,14H,3-5H2,1-2H3. The van der Waals surface area contributed by atoms with Gasteiger partial charge in [0.05, 0.1) is 12.7 Å². The first-order valence-electron chi connectivity index (χ1n) is 5.22. The number of benzene rings is 1. The molecular weight excluding hydrogens is 212 g/mol. The van der Waals surface area contributed by atoms with Crippen LogP contribution < -0.4 is 4.74 Å². The average Bonchev–Trinajstić information content (AvgIpc) is 2.18. The first kappa shape index (κ1) is 12.3. The second-order valence-corrected chi connectivity index (χ2v) is 4.01. The highest BCUT2D eigenvalue weighted by Gasteiger charge is 2.06. The number of rotatable bonds is 5. The summed E-state index contributed by atoms with van der Waals surface area (Å²) in [6, 6.07) is 5.59. The molecule has 0 amide bonds. The van der Waals surface area contributed by atoms with E-state index in [2.05, 4.69) is 0 Å². The van der Waals surface area contributed by atoms with E-state index in [0.717, 1.165) is 24.2 Å². The number of halogens is 1. The Kier molecular flexibility index (Phi) is 4.92. The highest BCUT2D eigenvalue weighted by atomic mass is 35.5. The number of aliphatic hydroxyl groups is 1. The summed E-state index contributed by atoms with van der Waals surface area (Å²) >= 11 is 5.91. The zero-order chi connectivity index (χ0) is 11.3. The molecule has 0 aromatic heterocycles. The quantitative estimate of drug-likeness (QED) is 0.840. The van der Waals surface area contributed by atoms with Crippen LogP contribution in [0.3, 0.4) is 0 Å². The third-order valence-electron chi connectivity index (χ3n) is 2.15. The fraction of sp³-hybridized carbons (Fsp3) is 0.500. The van der Waals surface area contributed by atoms with Crippen molar-refractivity contribution >= 4 is 11.6 Å². The molecule has 84 valence electrons. The van der Waals surface area contributed by atoms with Gasteiger partial charge in [0, 0.05) is 5.02 Å². The second kappa shape index (κ2) is 5.99. The van der Waals surface area contributed by atoms with E-state index < -0.39 is 0 Å². The van der Waals surface area contributed by atoms with Crippen LogP contribution in [0.2, 0.25) is 5.02 Å². The van der Waals surface area contributed by atoms with Gasteiger partial charge in [-0.15, -0.1) is 0 Å². The molecule has 0 saturated carbocycles. The van der Waals surface area contributed by atoms with Gasteiger partial charge in [0.1, 0.15) is 5.75 Å². The molecule has 0 aliphatic heterocycles. The molecule has 0 spiro atoms. The summed E-state index contributed by atoms with van der Waals surface area (Å²) in [5.41, 5.74) is 1.06. The molecule has 0 aliphatic rings. The zero-order valence-corrected chi connectivity index (χ0v) is 9.92. The van der Waals surface area contributed by atoms with Crippen molar-refractivity contribution in [1.82, 2.24) is 0 Å². The van der Waals surface area contributed by atoms with Gasteiger partial charge in [-0.3, -0.25) is 0 Å². The highest BCUT2D eigenvalue weighted by Crippen LogP contribution is 2.24. The summed E-state index contributed by atoms with van der Waals surface area (Å²) in [5, 5.41) is 9.94. The SMILES string of the molecule is CCOc1ccc(Cl)cc1CCC(C)O. The molecule has 1 rings (SSSR count). The number of hydrogen-bond donors (Lipinski definition) is 1. The van der Waals surface area contributed by atoms with Crippen LogP contribution in [0, 0.1) is 0 Å². The number of aryl methyl sites for hydroxylation is 1. The van der Waals surface area contributed by atoms with E-state index in [0.29, 0.717) is 11.6 Å². The second-order valence-electron chi connectivity index (χ2n) is 3.57.